The molecular weight excluding hydrogens is 395 g/mol. The minimum atomic E-state index is 0. The van der Waals surface area contributed by atoms with Crippen LogP contribution in [0.2, 0.25) is 0 Å². The Kier molecular flexibility index (Phi) is 10.1. The van der Waals surface area contributed by atoms with Crippen molar-refractivity contribution >= 4 is 36.4 Å². The molecule has 0 aromatic heterocycles. The molecule has 2 heterocycles. The largest absolute Gasteiger partial charge is 0.370 e. The third-order valence-electron chi connectivity index (χ3n) is 6.14. The summed E-state index contributed by atoms with van der Waals surface area (Å²) >= 11 is 0. The lowest BCUT2D eigenvalue weighted by Crippen LogP contribution is -2.44. The van der Waals surface area contributed by atoms with E-state index in [1.54, 1.807) is 0 Å². The monoisotopic (exact) mass is 430 g/mol. The summed E-state index contributed by atoms with van der Waals surface area (Å²) in [4.78, 5) is 17.3. The molecule has 0 saturated carbocycles. The number of halogens is 2. The first-order valence-corrected chi connectivity index (χ1v) is 10.0. The van der Waals surface area contributed by atoms with Gasteiger partial charge in [0.1, 0.15) is 0 Å². The number of carbonyl (C=O) groups excluding carboxylic acids is 1. The van der Waals surface area contributed by atoms with Gasteiger partial charge in [0, 0.05) is 31.9 Å². The van der Waals surface area contributed by atoms with Gasteiger partial charge < -0.3 is 15.5 Å². The van der Waals surface area contributed by atoms with Crippen LogP contribution < -0.4 is 15.5 Å². The highest BCUT2D eigenvalue weighted by atomic mass is 35.5. The van der Waals surface area contributed by atoms with Crippen molar-refractivity contribution in [1.82, 2.24) is 15.5 Å². The molecule has 2 saturated heterocycles. The number of aryl methyl sites for hydroxylation is 1. The molecule has 1 atom stereocenters. The van der Waals surface area contributed by atoms with Gasteiger partial charge in [-0.2, -0.15) is 0 Å². The predicted molar refractivity (Wildman–Crippen MR) is 122 cm³/mol. The van der Waals surface area contributed by atoms with Gasteiger partial charge in [-0.25, -0.2) is 0 Å². The topological polar surface area (TPSA) is 47.6 Å². The molecule has 160 valence electrons. The molecule has 7 heteroatoms. The lowest BCUT2D eigenvalue weighted by Gasteiger charge is -2.33. The Morgan fingerprint density at radius 1 is 1.32 bits per heavy atom. The van der Waals surface area contributed by atoms with Crippen LogP contribution in [0, 0.1) is 12.3 Å². The molecule has 1 spiro atoms. The summed E-state index contributed by atoms with van der Waals surface area (Å²) in [7, 11) is 2.10. The molecule has 1 amide bonds. The summed E-state index contributed by atoms with van der Waals surface area (Å²) in [6.45, 7) is 9.99. The number of rotatable bonds is 6. The Morgan fingerprint density at radius 3 is 2.68 bits per heavy atom. The van der Waals surface area contributed by atoms with Crippen molar-refractivity contribution in [2.24, 2.45) is 5.41 Å². The number of nitrogens with zero attached hydrogens (tertiary/aromatic N) is 2. The number of carbonyl (C=O) groups is 1. The molecule has 0 radical (unpaired) electrons. The average molecular weight is 431 g/mol. The first kappa shape index (κ1) is 25.0. The van der Waals surface area contributed by atoms with Gasteiger partial charge in [-0.1, -0.05) is 12.1 Å². The highest BCUT2D eigenvalue weighted by Gasteiger charge is 2.45. The van der Waals surface area contributed by atoms with E-state index in [4.69, 9.17) is 0 Å². The van der Waals surface area contributed by atoms with Crippen LogP contribution in [0.3, 0.4) is 0 Å². The highest BCUT2D eigenvalue weighted by Crippen LogP contribution is 2.41. The molecule has 2 N–H and O–H groups in total. The van der Waals surface area contributed by atoms with Gasteiger partial charge >= 0.3 is 0 Å². The van der Waals surface area contributed by atoms with Gasteiger partial charge in [-0.3, -0.25) is 9.69 Å². The van der Waals surface area contributed by atoms with Crippen molar-refractivity contribution in [2.75, 3.05) is 51.2 Å². The second kappa shape index (κ2) is 11.2. The molecule has 2 aliphatic heterocycles. The summed E-state index contributed by atoms with van der Waals surface area (Å²) in [5.74, 6) is 0.197. The van der Waals surface area contributed by atoms with Gasteiger partial charge in [-0.15, -0.1) is 24.8 Å². The summed E-state index contributed by atoms with van der Waals surface area (Å²) in [5.41, 5.74) is 2.84. The van der Waals surface area contributed by atoms with Gasteiger partial charge in [0.05, 0.1) is 6.04 Å². The van der Waals surface area contributed by atoms with Crippen LogP contribution in [0.4, 0.5) is 5.69 Å². The maximum atomic E-state index is 12.8. The van der Waals surface area contributed by atoms with Crippen LogP contribution in [0.25, 0.3) is 0 Å². The van der Waals surface area contributed by atoms with Crippen LogP contribution in [0.1, 0.15) is 31.7 Å². The minimum Gasteiger partial charge on any atom is -0.370 e. The van der Waals surface area contributed by atoms with E-state index in [0.717, 1.165) is 39.1 Å². The molecule has 3 rings (SSSR count). The second-order valence-corrected chi connectivity index (χ2v) is 8.09. The van der Waals surface area contributed by atoms with Crippen molar-refractivity contribution in [3.63, 3.8) is 0 Å². The Labute approximate surface area is 182 Å². The van der Waals surface area contributed by atoms with Crippen LogP contribution in [-0.2, 0) is 4.79 Å². The number of anilines is 1. The normalized spacial score (nSPS) is 20.9. The summed E-state index contributed by atoms with van der Waals surface area (Å²) in [6, 6.07) is 8.59. The smallest absolute Gasteiger partial charge is 0.237 e. The van der Waals surface area contributed by atoms with E-state index in [1.165, 1.54) is 24.1 Å². The van der Waals surface area contributed by atoms with Crippen LogP contribution in [0.15, 0.2) is 24.3 Å². The van der Waals surface area contributed by atoms with Crippen LogP contribution in [-0.4, -0.2) is 63.2 Å². The zero-order valence-electron chi connectivity index (χ0n) is 17.4. The second-order valence-electron chi connectivity index (χ2n) is 8.09. The molecule has 28 heavy (non-hydrogen) atoms. The summed E-state index contributed by atoms with van der Waals surface area (Å²) in [5, 5.41) is 6.63. The van der Waals surface area contributed by atoms with E-state index < -0.39 is 0 Å². The molecule has 1 unspecified atom stereocenters. The van der Waals surface area contributed by atoms with E-state index >= 15 is 0 Å². The van der Waals surface area contributed by atoms with Gasteiger partial charge in [0.25, 0.3) is 0 Å². The van der Waals surface area contributed by atoms with E-state index in [9.17, 15) is 4.79 Å². The van der Waals surface area contributed by atoms with Gasteiger partial charge in [-0.05, 0) is 76.4 Å². The van der Waals surface area contributed by atoms with E-state index in [-0.39, 0.29) is 36.8 Å². The average Bonchev–Trinajstić information content (AvgIpc) is 2.95. The lowest BCUT2D eigenvalue weighted by molar-refractivity contribution is -0.125. The maximum Gasteiger partial charge on any atom is 0.237 e. The number of nitrogens with one attached hydrogen (secondary N) is 2. The Hall–Kier alpha value is -1.01. The number of hydrogen-bond donors (Lipinski definition) is 2. The fourth-order valence-corrected chi connectivity index (χ4v) is 4.61. The minimum absolute atomic E-state index is 0. The quantitative estimate of drug-likeness (QED) is 0.728. The van der Waals surface area contributed by atoms with Crippen LogP contribution >= 0.6 is 24.8 Å². The van der Waals surface area contributed by atoms with Gasteiger partial charge in [0.15, 0.2) is 0 Å². The van der Waals surface area contributed by atoms with Crippen molar-refractivity contribution < 1.29 is 4.79 Å². The molecule has 0 bridgehead atoms. The first-order chi connectivity index (χ1) is 12.5. The van der Waals surface area contributed by atoms with E-state index in [2.05, 4.69) is 65.6 Å². The zero-order valence-corrected chi connectivity index (χ0v) is 19.0. The third kappa shape index (κ3) is 5.99. The van der Waals surface area contributed by atoms with Crippen molar-refractivity contribution in [3.05, 3.63) is 29.8 Å². The standard InChI is InChI=1S/C21H34N4O.2ClH/c1-4-25(18-7-5-6-17(2)14-18)13-12-23-20(26)19-15-21(16-24(19)3)8-10-22-11-9-21;;/h5-7,14,19,22H,4,8-13,15-16H2,1-3H3,(H,23,26);2*1H. The number of piperidine rings is 1. The van der Waals surface area contributed by atoms with Crippen molar-refractivity contribution in [2.45, 2.75) is 39.2 Å². The number of hydrogen-bond acceptors (Lipinski definition) is 4. The number of likely N-dealkylation sites (tertiary alicyclic amines) is 1. The number of amides is 1. The Morgan fingerprint density at radius 2 is 2.04 bits per heavy atom. The Balaban J connectivity index is 0.00000196. The molecule has 2 fully saturated rings. The molecule has 0 aliphatic carbocycles. The molecule has 1 aromatic rings. The molecule has 5 nitrogen and oxygen atoms in total. The zero-order chi connectivity index (χ0) is 18.6. The van der Waals surface area contributed by atoms with Crippen molar-refractivity contribution in [1.29, 1.82) is 0 Å². The summed E-state index contributed by atoms with van der Waals surface area (Å²) in [6.07, 6.45) is 3.39. The fourth-order valence-electron chi connectivity index (χ4n) is 4.61. The van der Waals surface area contributed by atoms with E-state index in [0.29, 0.717) is 12.0 Å². The third-order valence-corrected chi connectivity index (χ3v) is 6.14. The number of likely N-dealkylation sites (N-methyl/N-ethyl adjacent to an activating group) is 2. The van der Waals surface area contributed by atoms with Crippen molar-refractivity contribution in [3.8, 4) is 0 Å². The first-order valence-electron chi connectivity index (χ1n) is 10.0. The molecular formula is C21H36Cl2N4O. The highest BCUT2D eigenvalue weighted by molar-refractivity contribution is 5.85. The van der Waals surface area contributed by atoms with Gasteiger partial charge in [0.2, 0.25) is 5.91 Å². The Bertz CT molecular complexity index is 622. The predicted octanol–water partition coefficient (Wildman–Crippen LogP) is 2.86. The van der Waals surface area contributed by atoms with Crippen LogP contribution in [0.5, 0.6) is 0 Å². The molecule has 2 aliphatic rings. The molecule has 1 aromatic carbocycles. The SMILES string of the molecule is CCN(CCNC(=O)C1CC2(CCNCC2)CN1C)c1cccc(C)c1.Cl.Cl. The summed E-state index contributed by atoms with van der Waals surface area (Å²) < 4.78 is 0. The maximum absolute atomic E-state index is 12.8. The fraction of sp³-hybridized carbons (Fsp3) is 0.667. The lowest BCUT2D eigenvalue weighted by atomic mass is 9.77. The number of benzene rings is 1. The van der Waals surface area contributed by atoms with E-state index in [1.807, 2.05) is 0 Å².